The van der Waals surface area contributed by atoms with Gasteiger partial charge in [0.1, 0.15) is 0 Å². The molecule has 3 aromatic rings. The molecule has 0 saturated heterocycles. The van der Waals surface area contributed by atoms with Crippen LogP contribution in [0.5, 0.6) is 0 Å². The monoisotopic (exact) mass is 395 g/mol. The number of benzene rings is 2. The van der Waals surface area contributed by atoms with Gasteiger partial charge in [0.2, 0.25) is 0 Å². The van der Waals surface area contributed by atoms with E-state index >= 15 is 0 Å². The number of hydrogen-bond donors (Lipinski definition) is 1. The Kier molecular flexibility index (Phi) is 5.75. The standard InChI is InChI=1S/C21H21N3O3S/c1-16-14-18(21(25)23-15-17-10-12-22-13-11-17)8-9-20(16)24(2)28(26,27)19-6-4-3-5-7-19/h3-14H,15H2,1-2H3,(H,23,25). The minimum absolute atomic E-state index is 0.219. The summed E-state index contributed by atoms with van der Waals surface area (Å²) < 4.78 is 26.8. The molecular weight excluding hydrogens is 374 g/mol. The zero-order chi connectivity index (χ0) is 20.1. The Morgan fingerprint density at radius 2 is 1.71 bits per heavy atom. The van der Waals surface area contributed by atoms with Gasteiger partial charge in [0, 0.05) is 31.5 Å². The van der Waals surface area contributed by atoms with E-state index in [1.54, 1.807) is 67.8 Å². The zero-order valence-corrected chi connectivity index (χ0v) is 16.5. The Morgan fingerprint density at radius 3 is 2.36 bits per heavy atom. The van der Waals surface area contributed by atoms with Crippen molar-refractivity contribution in [3.05, 3.63) is 89.7 Å². The van der Waals surface area contributed by atoms with Crippen LogP contribution in [0.15, 0.2) is 78.0 Å². The minimum Gasteiger partial charge on any atom is -0.348 e. The lowest BCUT2D eigenvalue weighted by atomic mass is 10.1. The van der Waals surface area contributed by atoms with Crippen molar-refractivity contribution < 1.29 is 13.2 Å². The number of amides is 1. The van der Waals surface area contributed by atoms with Crippen molar-refractivity contribution in [1.29, 1.82) is 0 Å². The number of anilines is 1. The third-order valence-corrected chi connectivity index (χ3v) is 6.19. The van der Waals surface area contributed by atoms with Crippen molar-refractivity contribution in [2.45, 2.75) is 18.4 Å². The zero-order valence-electron chi connectivity index (χ0n) is 15.7. The van der Waals surface area contributed by atoms with Crippen LogP contribution in [0, 0.1) is 6.92 Å². The highest BCUT2D eigenvalue weighted by Crippen LogP contribution is 2.26. The van der Waals surface area contributed by atoms with E-state index in [-0.39, 0.29) is 10.8 Å². The molecule has 0 bridgehead atoms. The molecule has 0 aliphatic carbocycles. The van der Waals surface area contributed by atoms with Gasteiger partial charge in [-0.2, -0.15) is 0 Å². The molecule has 0 saturated carbocycles. The minimum atomic E-state index is -3.67. The van der Waals surface area contributed by atoms with Crippen LogP contribution >= 0.6 is 0 Å². The van der Waals surface area contributed by atoms with E-state index < -0.39 is 10.0 Å². The largest absolute Gasteiger partial charge is 0.348 e. The van der Waals surface area contributed by atoms with Gasteiger partial charge in [-0.25, -0.2) is 8.42 Å². The van der Waals surface area contributed by atoms with Gasteiger partial charge in [0.15, 0.2) is 0 Å². The van der Waals surface area contributed by atoms with Crippen LogP contribution in [-0.4, -0.2) is 26.4 Å². The van der Waals surface area contributed by atoms with Gasteiger partial charge in [-0.05, 0) is 60.5 Å². The van der Waals surface area contributed by atoms with Crippen molar-refractivity contribution in [2.75, 3.05) is 11.4 Å². The van der Waals surface area contributed by atoms with Gasteiger partial charge in [-0.3, -0.25) is 14.1 Å². The molecule has 7 heteroatoms. The van der Waals surface area contributed by atoms with E-state index in [9.17, 15) is 13.2 Å². The summed E-state index contributed by atoms with van der Waals surface area (Å²) in [5.74, 6) is -0.222. The first-order valence-corrected chi connectivity index (χ1v) is 10.2. The predicted molar refractivity (Wildman–Crippen MR) is 109 cm³/mol. The third-order valence-electron chi connectivity index (χ3n) is 4.40. The molecule has 144 valence electrons. The van der Waals surface area contributed by atoms with E-state index in [1.165, 1.54) is 11.4 Å². The number of nitrogens with zero attached hydrogens (tertiary/aromatic N) is 2. The molecule has 0 atom stereocenters. The van der Waals surface area contributed by atoms with Crippen LogP contribution in [0.3, 0.4) is 0 Å². The summed E-state index contributed by atoms with van der Waals surface area (Å²) in [6.07, 6.45) is 3.34. The van der Waals surface area contributed by atoms with Gasteiger partial charge < -0.3 is 5.32 Å². The number of nitrogens with one attached hydrogen (secondary N) is 1. The number of aryl methyl sites for hydroxylation is 1. The molecule has 28 heavy (non-hydrogen) atoms. The summed E-state index contributed by atoms with van der Waals surface area (Å²) in [5.41, 5.74) is 2.64. The molecule has 3 rings (SSSR count). The summed E-state index contributed by atoms with van der Waals surface area (Å²) in [6, 6.07) is 16.9. The van der Waals surface area contributed by atoms with Gasteiger partial charge in [0.05, 0.1) is 10.6 Å². The molecule has 0 fully saturated rings. The second-order valence-corrected chi connectivity index (χ2v) is 8.29. The van der Waals surface area contributed by atoms with Crippen LogP contribution in [0.25, 0.3) is 0 Å². The van der Waals surface area contributed by atoms with E-state index in [4.69, 9.17) is 0 Å². The molecule has 6 nitrogen and oxygen atoms in total. The van der Waals surface area contributed by atoms with Gasteiger partial charge in [-0.15, -0.1) is 0 Å². The maximum absolute atomic E-state index is 12.8. The highest BCUT2D eigenvalue weighted by molar-refractivity contribution is 7.92. The number of aromatic nitrogens is 1. The summed E-state index contributed by atoms with van der Waals surface area (Å²) in [5, 5.41) is 2.85. The number of sulfonamides is 1. The molecule has 1 N–H and O–H groups in total. The van der Waals surface area contributed by atoms with Gasteiger partial charge in [0.25, 0.3) is 15.9 Å². The van der Waals surface area contributed by atoms with Crippen molar-refractivity contribution in [3.8, 4) is 0 Å². The van der Waals surface area contributed by atoms with Crippen LogP contribution < -0.4 is 9.62 Å². The molecule has 0 radical (unpaired) electrons. The SMILES string of the molecule is Cc1cc(C(=O)NCc2ccncc2)ccc1N(C)S(=O)(=O)c1ccccc1. The first kappa shape index (κ1) is 19.6. The van der Waals surface area contributed by atoms with E-state index in [0.717, 1.165) is 5.56 Å². The number of carbonyl (C=O) groups is 1. The Balaban J connectivity index is 1.77. The molecule has 0 aliphatic heterocycles. The summed E-state index contributed by atoms with van der Waals surface area (Å²) in [4.78, 5) is 16.6. The molecule has 0 spiro atoms. The molecular formula is C21H21N3O3S. The number of pyridine rings is 1. The lowest BCUT2D eigenvalue weighted by molar-refractivity contribution is 0.0951. The lowest BCUT2D eigenvalue weighted by Crippen LogP contribution is -2.27. The normalized spacial score (nSPS) is 11.1. The quantitative estimate of drug-likeness (QED) is 0.695. The number of rotatable bonds is 6. The number of carbonyl (C=O) groups excluding carboxylic acids is 1. The van der Waals surface area contributed by atoms with E-state index in [2.05, 4.69) is 10.3 Å². The fraction of sp³-hybridized carbons (Fsp3) is 0.143. The Hall–Kier alpha value is -3.19. The maximum Gasteiger partial charge on any atom is 0.264 e. The summed E-state index contributed by atoms with van der Waals surface area (Å²) in [7, 11) is -2.16. The first-order chi connectivity index (χ1) is 13.4. The lowest BCUT2D eigenvalue weighted by Gasteiger charge is -2.22. The summed E-state index contributed by atoms with van der Waals surface area (Å²) in [6.45, 7) is 2.18. The highest BCUT2D eigenvalue weighted by atomic mass is 32.2. The van der Waals surface area contributed by atoms with Crippen molar-refractivity contribution in [3.63, 3.8) is 0 Å². The van der Waals surface area contributed by atoms with Crippen LogP contribution in [0.4, 0.5) is 5.69 Å². The fourth-order valence-corrected chi connectivity index (χ4v) is 4.10. The molecule has 0 unspecified atom stereocenters. The molecule has 1 aromatic heterocycles. The second kappa shape index (κ2) is 8.22. The Bertz CT molecular complexity index is 1070. The van der Waals surface area contributed by atoms with Crippen LogP contribution in [-0.2, 0) is 16.6 Å². The second-order valence-electron chi connectivity index (χ2n) is 6.32. The predicted octanol–water partition coefficient (Wildman–Crippen LogP) is 3.15. The van der Waals surface area contributed by atoms with Crippen molar-refractivity contribution in [2.24, 2.45) is 0 Å². The van der Waals surface area contributed by atoms with E-state index in [1.807, 2.05) is 12.1 Å². The van der Waals surface area contributed by atoms with E-state index in [0.29, 0.717) is 23.4 Å². The third kappa shape index (κ3) is 4.20. The highest BCUT2D eigenvalue weighted by Gasteiger charge is 2.22. The van der Waals surface area contributed by atoms with Gasteiger partial charge in [-0.1, -0.05) is 18.2 Å². The topological polar surface area (TPSA) is 79.4 Å². The smallest absolute Gasteiger partial charge is 0.264 e. The Morgan fingerprint density at radius 1 is 1.04 bits per heavy atom. The van der Waals surface area contributed by atoms with Crippen LogP contribution in [0.2, 0.25) is 0 Å². The molecule has 1 heterocycles. The van der Waals surface area contributed by atoms with Crippen molar-refractivity contribution >= 4 is 21.6 Å². The maximum atomic E-state index is 12.8. The van der Waals surface area contributed by atoms with Gasteiger partial charge >= 0.3 is 0 Å². The van der Waals surface area contributed by atoms with Crippen LogP contribution in [0.1, 0.15) is 21.5 Å². The average Bonchev–Trinajstić information content (AvgIpc) is 2.72. The summed E-state index contributed by atoms with van der Waals surface area (Å²) >= 11 is 0. The van der Waals surface area contributed by atoms with Crippen molar-refractivity contribution in [1.82, 2.24) is 10.3 Å². The molecule has 0 aliphatic rings. The average molecular weight is 395 g/mol. The number of hydrogen-bond acceptors (Lipinski definition) is 4. The molecule has 2 aromatic carbocycles. The molecule has 1 amide bonds. The Labute approximate surface area is 164 Å². The first-order valence-electron chi connectivity index (χ1n) is 8.71. The fourth-order valence-electron chi connectivity index (χ4n) is 2.82.